The third-order valence-electron chi connectivity index (χ3n) is 2.95. The van der Waals surface area contributed by atoms with Crippen molar-refractivity contribution in [3.8, 4) is 0 Å². The number of allylic oxidation sites excluding steroid dienone is 1. The number of unbranched alkanes of at least 4 members (excludes halogenated alkanes) is 6. The van der Waals surface area contributed by atoms with Crippen LogP contribution < -0.4 is 0 Å². The first-order chi connectivity index (χ1) is 9.31. The van der Waals surface area contributed by atoms with E-state index >= 15 is 0 Å². The van der Waals surface area contributed by atoms with Gasteiger partial charge in [-0.1, -0.05) is 67.1 Å². The lowest BCUT2D eigenvalue weighted by atomic mass is 10.1. The van der Waals surface area contributed by atoms with Crippen LogP contribution in [0.5, 0.6) is 0 Å². The van der Waals surface area contributed by atoms with Crippen LogP contribution in [0, 0.1) is 0 Å². The van der Waals surface area contributed by atoms with E-state index in [9.17, 15) is 4.79 Å². The molecule has 0 fully saturated rings. The van der Waals surface area contributed by atoms with Crippen LogP contribution in [0.2, 0.25) is 0 Å². The minimum absolute atomic E-state index is 0.0394. The van der Waals surface area contributed by atoms with Crippen molar-refractivity contribution in [2.45, 2.75) is 71.1 Å². The van der Waals surface area contributed by atoms with Crippen molar-refractivity contribution in [2.75, 3.05) is 11.9 Å². The highest BCUT2D eigenvalue weighted by atomic mass is 79.9. The molecule has 3 heteroatoms. The lowest BCUT2D eigenvalue weighted by Gasteiger charge is -2.03. The molecule has 0 saturated carbocycles. The Hall–Kier alpha value is -0.310. The summed E-state index contributed by atoms with van der Waals surface area (Å²) in [6.45, 7) is 2.72. The van der Waals surface area contributed by atoms with Crippen LogP contribution in [0.4, 0.5) is 0 Å². The van der Waals surface area contributed by atoms with Gasteiger partial charge in [-0.15, -0.1) is 0 Å². The molecule has 0 rings (SSSR count). The van der Waals surface area contributed by atoms with Crippen molar-refractivity contribution >= 4 is 21.9 Å². The van der Waals surface area contributed by atoms with Crippen molar-refractivity contribution in [2.24, 2.45) is 0 Å². The SMILES string of the molecule is CCCC/C=C\CCOC(=O)CCCCCCCBr. The normalized spacial score (nSPS) is 11.1. The minimum atomic E-state index is -0.0394. The lowest BCUT2D eigenvalue weighted by molar-refractivity contribution is -0.143. The Kier molecular flexibility index (Phi) is 15.5. The first-order valence-electron chi connectivity index (χ1n) is 7.67. The molecule has 0 heterocycles. The van der Waals surface area contributed by atoms with Gasteiger partial charge in [0.1, 0.15) is 0 Å². The van der Waals surface area contributed by atoms with Gasteiger partial charge in [0.2, 0.25) is 0 Å². The van der Waals surface area contributed by atoms with Crippen molar-refractivity contribution < 1.29 is 9.53 Å². The Labute approximate surface area is 127 Å². The maximum Gasteiger partial charge on any atom is 0.305 e. The van der Waals surface area contributed by atoms with Gasteiger partial charge < -0.3 is 4.74 Å². The highest BCUT2D eigenvalue weighted by Crippen LogP contribution is 2.07. The first kappa shape index (κ1) is 18.7. The second-order valence-electron chi connectivity index (χ2n) is 4.83. The molecule has 0 saturated heterocycles. The number of halogens is 1. The molecule has 0 atom stereocenters. The minimum Gasteiger partial charge on any atom is -0.465 e. The fraction of sp³-hybridized carbons (Fsp3) is 0.812. The number of carbonyl (C=O) groups excluding carboxylic acids is 1. The average molecular weight is 333 g/mol. The summed E-state index contributed by atoms with van der Waals surface area (Å²) < 4.78 is 5.18. The lowest BCUT2D eigenvalue weighted by Crippen LogP contribution is -2.04. The van der Waals surface area contributed by atoms with E-state index in [-0.39, 0.29) is 5.97 Å². The van der Waals surface area contributed by atoms with Gasteiger partial charge in [-0.25, -0.2) is 0 Å². The van der Waals surface area contributed by atoms with E-state index in [1.54, 1.807) is 0 Å². The molecule has 0 spiro atoms. The van der Waals surface area contributed by atoms with Gasteiger partial charge in [0.25, 0.3) is 0 Å². The zero-order valence-corrected chi connectivity index (χ0v) is 13.9. The van der Waals surface area contributed by atoms with E-state index in [1.807, 2.05) is 0 Å². The van der Waals surface area contributed by atoms with E-state index < -0.39 is 0 Å². The highest BCUT2D eigenvalue weighted by molar-refractivity contribution is 9.09. The van der Waals surface area contributed by atoms with E-state index in [0.717, 1.165) is 31.0 Å². The maximum atomic E-state index is 11.4. The van der Waals surface area contributed by atoms with E-state index in [1.165, 1.54) is 32.1 Å². The van der Waals surface area contributed by atoms with Crippen LogP contribution in [0.3, 0.4) is 0 Å². The third-order valence-corrected chi connectivity index (χ3v) is 3.51. The quantitative estimate of drug-likeness (QED) is 0.195. The standard InChI is InChI=1S/C16H29BrO2/c1-2-3-4-5-9-12-15-19-16(18)13-10-7-6-8-11-14-17/h5,9H,2-4,6-8,10-15H2,1H3/b9-5-. The average Bonchev–Trinajstić information content (AvgIpc) is 2.41. The smallest absolute Gasteiger partial charge is 0.305 e. The summed E-state index contributed by atoms with van der Waals surface area (Å²) in [5.74, 6) is -0.0394. The van der Waals surface area contributed by atoms with Gasteiger partial charge in [-0.05, 0) is 25.7 Å². The third kappa shape index (κ3) is 15.6. The van der Waals surface area contributed by atoms with Crippen LogP contribution in [0.15, 0.2) is 12.2 Å². The van der Waals surface area contributed by atoms with Crippen LogP contribution in [0.1, 0.15) is 71.1 Å². The fourth-order valence-electron chi connectivity index (χ4n) is 1.76. The van der Waals surface area contributed by atoms with E-state index in [2.05, 4.69) is 35.0 Å². The fourth-order valence-corrected chi connectivity index (χ4v) is 2.16. The predicted octanol–water partition coefficient (Wildman–Crippen LogP) is 5.40. The monoisotopic (exact) mass is 332 g/mol. The van der Waals surface area contributed by atoms with Crippen LogP contribution in [-0.4, -0.2) is 17.9 Å². The molecule has 0 radical (unpaired) electrons. The summed E-state index contributed by atoms with van der Waals surface area (Å²) in [6.07, 6.45) is 15.1. The topological polar surface area (TPSA) is 26.3 Å². The number of esters is 1. The van der Waals surface area contributed by atoms with E-state index in [4.69, 9.17) is 4.74 Å². The van der Waals surface area contributed by atoms with Gasteiger partial charge in [0, 0.05) is 11.8 Å². The number of hydrogen-bond acceptors (Lipinski definition) is 2. The molecule has 0 aromatic rings. The van der Waals surface area contributed by atoms with E-state index in [0.29, 0.717) is 13.0 Å². The van der Waals surface area contributed by atoms with Crippen LogP contribution in [-0.2, 0) is 9.53 Å². The largest absolute Gasteiger partial charge is 0.465 e. The zero-order chi connectivity index (χ0) is 14.2. The molecule has 0 aliphatic rings. The van der Waals surface area contributed by atoms with Crippen molar-refractivity contribution in [1.82, 2.24) is 0 Å². The Morgan fingerprint density at radius 1 is 1.00 bits per heavy atom. The Morgan fingerprint density at radius 2 is 1.68 bits per heavy atom. The second-order valence-corrected chi connectivity index (χ2v) is 5.62. The summed E-state index contributed by atoms with van der Waals surface area (Å²) in [5.41, 5.74) is 0. The number of rotatable bonds is 13. The van der Waals surface area contributed by atoms with Gasteiger partial charge >= 0.3 is 5.97 Å². The molecular weight excluding hydrogens is 304 g/mol. The molecule has 0 aliphatic heterocycles. The van der Waals surface area contributed by atoms with Crippen LogP contribution >= 0.6 is 15.9 Å². The van der Waals surface area contributed by atoms with Crippen molar-refractivity contribution in [3.63, 3.8) is 0 Å². The summed E-state index contributed by atoms with van der Waals surface area (Å²) in [4.78, 5) is 11.4. The maximum absolute atomic E-state index is 11.4. The molecule has 0 bridgehead atoms. The van der Waals surface area contributed by atoms with Gasteiger partial charge in [-0.2, -0.15) is 0 Å². The number of hydrogen-bond donors (Lipinski definition) is 0. The Bertz CT molecular complexity index is 227. The Morgan fingerprint density at radius 3 is 2.42 bits per heavy atom. The molecule has 0 unspecified atom stereocenters. The second kappa shape index (κ2) is 15.7. The molecule has 112 valence electrons. The van der Waals surface area contributed by atoms with Crippen molar-refractivity contribution in [3.05, 3.63) is 12.2 Å². The molecule has 0 aliphatic carbocycles. The van der Waals surface area contributed by atoms with Gasteiger partial charge in [0.05, 0.1) is 6.61 Å². The van der Waals surface area contributed by atoms with Crippen molar-refractivity contribution in [1.29, 1.82) is 0 Å². The molecule has 0 N–H and O–H groups in total. The summed E-state index contributed by atoms with van der Waals surface area (Å²) >= 11 is 3.42. The molecule has 2 nitrogen and oxygen atoms in total. The highest BCUT2D eigenvalue weighted by Gasteiger charge is 2.01. The summed E-state index contributed by atoms with van der Waals surface area (Å²) in [6, 6.07) is 0. The molecule has 0 aromatic carbocycles. The van der Waals surface area contributed by atoms with Gasteiger partial charge in [0.15, 0.2) is 0 Å². The number of alkyl halides is 1. The van der Waals surface area contributed by atoms with Crippen LogP contribution in [0.25, 0.3) is 0 Å². The first-order valence-corrected chi connectivity index (χ1v) is 8.80. The summed E-state index contributed by atoms with van der Waals surface area (Å²) in [5, 5.41) is 1.08. The Balaban J connectivity index is 3.23. The van der Waals surface area contributed by atoms with Gasteiger partial charge in [-0.3, -0.25) is 4.79 Å². The zero-order valence-electron chi connectivity index (χ0n) is 12.3. The molecule has 0 aromatic heterocycles. The summed E-state index contributed by atoms with van der Waals surface area (Å²) in [7, 11) is 0. The molecule has 0 amide bonds. The predicted molar refractivity (Wildman–Crippen MR) is 85.7 cm³/mol. The number of ether oxygens (including phenoxy) is 1. The molecule has 19 heavy (non-hydrogen) atoms. The molecular formula is C16H29BrO2. The number of carbonyl (C=O) groups is 1.